The number of aryl methyl sites for hydroxylation is 1. The molecule has 6 atom stereocenters. The van der Waals surface area contributed by atoms with Crippen LogP contribution in [0.5, 0.6) is 5.75 Å². The molecule has 2 unspecified atom stereocenters. The molecule has 9 rings (SSSR count). The number of phosphoric acid groups is 1. The van der Waals surface area contributed by atoms with Crippen LogP contribution >= 0.6 is 7.82 Å². The summed E-state index contributed by atoms with van der Waals surface area (Å²) < 4.78 is 192. The predicted molar refractivity (Wildman–Crippen MR) is 366 cm³/mol. The highest BCUT2D eigenvalue weighted by atomic mass is 31.2. The molecule has 6 heterocycles. The number of ketones is 1. The van der Waals surface area contributed by atoms with Gasteiger partial charge in [-0.3, -0.25) is 48.9 Å². The third kappa shape index (κ3) is 20.2. The molecule has 4 aliphatic heterocycles. The lowest BCUT2D eigenvalue weighted by Gasteiger charge is -2.47. The summed E-state index contributed by atoms with van der Waals surface area (Å²) in [5.74, 6) is -10.2. The molecule has 4 saturated heterocycles. The third-order valence-corrected chi connectivity index (χ3v) is 20.7. The maximum atomic E-state index is 16.9. The number of rotatable bonds is 30. The average Bonchev–Trinajstić information content (AvgIpc) is 1.76. The van der Waals surface area contributed by atoms with E-state index in [-0.39, 0.29) is 40.0 Å². The van der Waals surface area contributed by atoms with E-state index in [9.17, 15) is 52.2 Å². The van der Waals surface area contributed by atoms with Gasteiger partial charge in [-0.2, -0.15) is 40.2 Å². The van der Waals surface area contributed by atoms with Crippen LogP contribution in [-0.2, 0) is 77.1 Å². The Morgan fingerprint density at radius 1 is 0.780 bits per heavy atom. The van der Waals surface area contributed by atoms with Crippen molar-refractivity contribution in [2.45, 2.75) is 155 Å². The highest BCUT2D eigenvalue weighted by Crippen LogP contribution is 2.48. The molecule has 0 radical (unpaired) electrons. The number of halogens is 10. The minimum Gasteiger partial charge on any atom is -0.481 e. The lowest BCUT2D eigenvalue weighted by molar-refractivity contribution is -0.231. The normalized spacial score (nSPS) is 17.8. The van der Waals surface area contributed by atoms with Gasteiger partial charge in [0.15, 0.2) is 5.78 Å². The van der Waals surface area contributed by atoms with Gasteiger partial charge in [-0.1, -0.05) is 57.7 Å². The maximum Gasteiger partial charge on any atom is 0.524 e. The summed E-state index contributed by atoms with van der Waals surface area (Å²) in [5, 5.41) is 15.6. The van der Waals surface area contributed by atoms with Gasteiger partial charge in [0.05, 0.1) is 93.2 Å². The van der Waals surface area contributed by atoms with Gasteiger partial charge in [0, 0.05) is 103 Å². The lowest BCUT2D eigenvalue weighted by Crippen LogP contribution is -2.62. The quantitative estimate of drug-likeness (QED) is 0.00713. The van der Waals surface area contributed by atoms with Crippen LogP contribution in [0, 0.1) is 59.0 Å². The van der Waals surface area contributed by atoms with Crippen molar-refractivity contribution in [3.8, 4) is 28.8 Å². The SMILES string of the molecule is COC(=O)C[C@H](C(=O)NN(Cc1c(F)cc(-c2ccn(C(F)F)n2)cc1F)C[C@H](OC(=O)CC(C)(C)c1c(CC(=O)N2CC(C(=O)O)C2)cc(C)cc1OP(=O)(O)O)[C@@H](CC(=O)[C@@H](NC(=O)OC)C(C)(C)C(F)(F)F)Cc1ccc(C#Cc2cnc(N3CC4CCC(C3)N4C3COC3)nc2)cc1)C(C)(C)C(F)(F)F. The van der Waals surface area contributed by atoms with Gasteiger partial charge in [-0.25, -0.2) is 37.8 Å². The summed E-state index contributed by atoms with van der Waals surface area (Å²) in [6.07, 6.45) is -13.2. The zero-order valence-electron chi connectivity index (χ0n) is 60.7. The van der Waals surface area contributed by atoms with Crippen molar-refractivity contribution < 1.29 is 120 Å². The number of ether oxygens (including phenoxy) is 4. The minimum atomic E-state index is -5.55. The van der Waals surface area contributed by atoms with Crippen molar-refractivity contribution in [3.05, 3.63) is 124 Å². The number of carbonyl (C=O) groups is 7. The van der Waals surface area contributed by atoms with E-state index < -0.39 is 194 Å². The maximum absolute atomic E-state index is 16.9. The number of hydrazine groups is 1. The standard InChI is InChI=1S/C72H83F10N10O16P/c1-39-20-45(26-58(94)88-31-46(32-88)64(98)99)61(56(21-39)108-109(101,102)103)68(2,3)28-60(96)107-57(36-90(87-63(97)51(27-59(95)104-8)69(4,5)71(77,78)79)35-50-52(73)23-43(24-53(50)74)54-18-19-91(86-54)65(75)76)44(25-55(93)62(85-67(100)105-9)70(6,7)72(80,81)82)22-41-13-10-40(11-14-41)12-15-42-29-83-66(84-30-42)89-33-47-16-17-48(34-89)92(47)49-37-106-38-49/h10-11,13-14,18-21,23-24,29-30,44,46-49,51,57,62,65H,16-17,22,25-28,31-38H2,1-9H3,(H,85,100)(H,87,97)(H,98,99)(H2,101,102,103)/t44-,47?,48?,51-,57+,62-/m1/s1. The number of phosphoric ester groups is 1. The molecule has 109 heavy (non-hydrogen) atoms. The van der Waals surface area contributed by atoms with Crippen LogP contribution in [0.15, 0.2) is 73.2 Å². The van der Waals surface area contributed by atoms with Crippen molar-refractivity contribution in [2.24, 2.45) is 28.6 Å². The van der Waals surface area contributed by atoms with Gasteiger partial charge < -0.3 is 43.7 Å². The number of fused-ring (bicyclic) bond motifs is 2. The number of methoxy groups -OCH3 is 2. The molecule has 4 fully saturated rings. The number of amides is 3. The molecule has 5 aromatic rings. The highest BCUT2D eigenvalue weighted by Gasteiger charge is 2.58. The number of carboxylic acids is 1. The summed E-state index contributed by atoms with van der Waals surface area (Å²) in [6, 6.07) is 9.03. The first-order valence-corrected chi connectivity index (χ1v) is 36.0. The second-order valence-corrected chi connectivity index (χ2v) is 30.5. The Morgan fingerprint density at radius 2 is 1.39 bits per heavy atom. The predicted octanol–water partition coefficient (Wildman–Crippen LogP) is 9.34. The van der Waals surface area contributed by atoms with E-state index >= 15 is 44.7 Å². The van der Waals surface area contributed by atoms with E-state index in [2.05, 4.69) is 51.6 Å². The van der Waals surface area contributed by atoms with Gasteiger partial charge in [-0.15, -0.1) is 0 Å². The number of alkyl halides is 8. The zero-order chi connectivity index (χ0) is 80.2. The Kier molecular flexibility index (Phi) is 25.8. The lowest BCUT2D eigenvalue weighted by atomic mass is 9.75. The summed E-state index contributed by atoms with van der Waals surface area (Å²) in [5.41, 5.74) is -7.08. The van der Waals surface area contributed by atoms with Gasteiger partial charge in [0.2, 0.25) is 17.8 Å². The van der Waals surface area contributed by atoms with E-state index in [1.165, 1.54) is 56.0 Å². The van der Waals surface area contributed by atoms with Crippen LogP contribution in [0.4, 0.5) is 54.6 Å². The Bertz CT molecular complexity index is 4270. The van der Waals surface area contributed by atoms with Crippen molar-refractivity contribution in [1.82, 2.24) is 45.3 Å². The van der Waals surface area contributed by atoms with Crippen LogP contribution in [-0.4, -0.2) is 194 Å². The van der Waals surface area contributed by atoms with E-state index in [4.69, 9.17) is 14.0 Å². The van der Waals surface area contributed by atoms with E-state index in [1.54, 1.807) is 12.4 Å². The van der Waals surface area contributed by atoms with Gasteiger partial charge >= 0.3 is 50.7 Å². The van der Waals surface area contributed by atoms with Crippen LogP contribution in [0.2, 0.25) is 0 Å². The van der Waals surface area contributed by atoms with Crippen LogP contribution in [0.1, 0.15) is 119 Å². The molecule has 5 N–H and O–H groups in total. The fourth-order valence-electron chi connectivity index (χ4n) is 13.9. The number of anilines is 1. The number of hydrogen-bond donors (Lipinski definition) is 5. The number of aromatic nitrogens is 4. The topological polar surface area (TPSA) is 324 Å². The summed E-state index contributed by atoms with van der Waals surface area (Å²) in [7, 11) is -3.97. The Morgan fingerprint density at radius 3 is 1.92 bits per heavy atom. The van der Waals surface area contributed by atoms with Crippen molar-refractivity contribution in [3.63, 3.8) is 0 Å². The molecule has 2 aromatic heterocycles. The number of Topliss-reactive ketones (excluding diaryl/α,β-unsaturated/α-hetero) is 1. The zero-order valence-corrected chi connectivity index (χ0v) is 61.6. The third-order valence-electron chi connectivity index (χ3n) is 20.3. The number of carboxylic acid groups (broad SMARTS) is 1. The molecule has 0 spiro atoms. The highest BCUT2D eigenvalue weighted by molar-refractivity contribution is 7.46. The Labute approximate surface area is 619 Å². The molecule has 2 bridgehead atoms. The first kappa shape index (κ1) is 83.8. The van der Waals surface area contributed by atoms with Crippen molar-refractivity contribution in [2.75, 3.05) is 65.1 Å². The molecule has 3 amide bonds. The van der Waals surface area contributed by atoms with Crippen molar-refractivity contribution >= 4 is 55.4 Å². The van der Waals surface area contributed by atoms with Gasteiger partial charge in [-0.05, 0) is 93.1 Å². The van der Waals surface area contributed by atoms with Crippen LogP contribution in [0.3, 0.4) is 0 Å². The van der Waals surface area contributed by atoms with Crippen molar-refractivity contribution in [1.29, 1.82) is 0 Å². The molecule has 0 saturated carbocycles. The summed E-state index contributed by atoms with van der Waals surface area (Å²) in [4.78, 5) is 133. The van der Waals surface area contributed by atoms with E-state index in [0.29, 0.717) is 106 Å². The van der Waals surface area contributed by atoms with Crippen LogP contribution < -0.4 is 20.2 Å². The monoisotopic (exact) mass is 1560 g/mol. The number of likely N-dealkylation sites (tertiary alicyclic amines) is 1. The number of nitrogens with one attached hydrogen (secondary N) is 2. The van der Waals surface area contributed by atoms with Gasteiger partial charge in [0.1, 0.15) is 29.5 Å². The first-order valence-electron chi connectivity index (χ1n) is 34.4. The number of aliphatic carboxylic acids is 1. The van der Waals surface area contributed by atoms with E-state index in [0.717, 1.165) is 45.4 Å². The smallest absolute Gasteiger partial charge is 0.481 e. The molecular weight excluding hydrogens is 1480 g/mol. The molecule has 0 aliphatic carbocycles. The number of alkyl carbamates (subject to hydrolysis) is 1. The molecule has 4 aliphatic rings. The Balaban J connectivity index is 1.16. The Hall–Kier alpha value is -9.27. The average molecular weight is 1570 g/mol. The van der Waals surface area contributed by atoms with Crippen LogP contribution in [0.25, 0.3) is 11.3 Å². The number of carbonyl (C=O) groups excluding carboxylic acids is 6. The van der Waals surface area contributed by atoms with Gasteiger partial charge in [0.25, 0.3) is 0 Å². The molecule has 37 heteroatoms. The fourth-order valence-corrected chi connectivity index (χ4v) is 14.3. The number of hydrogen-bond acceptors (Lipinski definition) is 19. The van der Waals surface area contributed by atoms with E-state index in [1.807, 2.05) is 5.32 Å². The second kappa shape index (κ2) is 33.5. The fraction of sp³-hybridized carbons (Fsp3) is 0.528. The first-order chi connectivity index (χ1) is 50.9. The minimum absolute atomic E-state index is 0.0259. The summed E-state index contributed by atoms with van der Waals surface area (Å²) in [6.45, 7) is 2.87. The molecule has 3 aromatic carbocycles. The number of nitrogens with zero attached hydrogens (tertiary/aromatic N) is 8. The number of esters is 2. The number of piperazine rings is 1. The molecule has 592 valence electrons. The summed E-state index contributed by atoms with van der Waals surface area (Å²) >= 11 is 0. The molecule has 26 nitrogen and oxygen atoms in total. The molecular formula is C72H83F10N10O16P. The second-order valence-electron chi connectivity index (χ2n) is 29.3. The number of benzene rings is 3. The largest absolute Gasteiger partial charge is 0.524 e.